The first-order chi connectivity index (χ1) is 7.65. The number of hydrogen-bond donors (Lipinski definition) is 0. The lowest BCUT2D eigenvalue weighted by Crippen LogP contribution is -2.47. The average Bonchev–Trinajstić information content (AvgIpc) is 2.89. The van der Waals surface area contributed by atoms with Crippen LogP contribution >= 0.6 is 0 Å². The lowest BCUT2D eigenvalue weighted by molar-refractivity contribution is -0.206. The van der Waals surface area contributed by atoms with Crippen LogP contribution in [0.1, 0.15) is 26.2 Å². The molecule has 0 amide bonds. The highest BCUT2D eigenvalue weighted by Gasteiger charge is 2.70. The van der Waals surface area contributed by atoms with Crippen molar-refractivity contribution in [1.82, 2.24) is 0 Å². The van der Waals surface area contributed by atoms with Gasteiger partial charge in [0, 0.05) is 24.2 Å². The van der Waals surface area contributed by atoms with Gasteiger partial charge in [0.25, 0.3) is 0 Å². The molecule has 1 spiro atoms. The van der Waals surface area contributed by atoms with E-state index < -0.39 is 5.79 Å². The molecule has 0 aromatic heterocycles. The number of hydrogen-bond acceptors (Lipinski definition) is 4. The minimum Gasteiger partial charge on any atom is -0.361 e. The Labute approximate surface area is 94.2 Å². The number of carbonyl (C=O) groups excluding carboxylic acids is 1. The Kier molecular flexibility index (Phi) is 1.60. The van der Waals surface area contributed by atoms with Crippen LogP contribution < -0.4 is 0 Å². The molecule has 2 saturated carbocycles. The maximum absolute atomic E-state index is 12.1. The third-order valence-corrected chi connectivity index (χ3v) is 4.93. The standard InChI is InChI=1S/C12H16O4/c1-11-2-3-12(14-4-5-15-12)6-7(11)8-9(16-8)10(11)13/h7-9H,2-6H2,1H3/t7-,8+,9+,11+/m0/s1. The Morgan fingerprint density at radius 1 is 1.25 bits per heavy atom. The van der Waals surface area contributed by atoms with Crippen molar-refractivity contribution in [2.45, 2.75) is 44.2 Å². The number of carbonyl (C=O) groups is 1. The predicted octanol–water partition coefficient (Wildman–Crippen LogP) is 0.886. The quantitative estimate of drug-likeness (QED) is 0.573. The van der Waals surface area contributed by atoms with Gasteiger partial charge in [0.1, 0.15) is 6.10 Å². The zero-order valence-corrected chi connectivity index (χ0v) is 9.40. The largest absolute Gasteiger partial charge is 0.361 e. The van der Waals surface area contributed by atoms with Gasteiger partial charge in [0.15, 0.2) is 11.6 Å². The molecule has 2 aliphatic heterocycles. The van der Waals surface area contributed by atoms with E-state index in [9.17, 15) is 4.79 Å². The van der Waals surface area contributed by atoms with Crippen LogP contribution in [-0.2, 0) is 19.0 Å². The van der Waals surface area contributed by atoms with Crippen LogP contribution in [0.3, 0.4) is 0 Å². The average molecular weight is 224 g/mol. The van der Waals surface area contributed by atoms with Gasteiger partial charge in [-0.15, -0.1) is 0 Å². The Morgan fingerprint density at radius 2 is 2.00 bits per heavy atom. The lowest BCUT2D eigenvalue weighted by Gasteiger charge is -2.44. The van der Waals surface area contributed by atoms with E-state index >= 15 is 0 Å². The highest BCUT2D eigenvalue weighted by Crippen LogP contribution is 2.60. The maximum atomic E-state index is 12.1. The van der Waals surface area contributed by atoms with Gasteiger partial charge in [-0.2, -0.15) is 0 Å². The summed E-state index contributed by atoms with van der Waals surface area (Å²) in [5.74, 6) is 0.220. The third-order valence-electron chi connectivity index (χ3n) is 4.93. The Morgan fingerprint density at radius 3 is 2.75 bits per heavy atom. The summed E-state index contributed by atoms with van der Waals surface area (Å²) in [6, 6.07) is 0. The number of ketones is 1. The van der Waals surface area contributed by atoms with Crippen LogP contribution in [0.4, 0.5) is 0 Å². The summed E-state index contributed by atoms with van der Waals surface area (Å²) in [5, 5.41) is 0. The van der Waals surface area contributed by atoms with Crippen molar-refractivity contribution in [3.8, 4) is 0 Å². The predicted molar refractivity (Wildman–Crippen MR) is 53.8 cm³/mol. The molecule has 4 heteroatoms. The highest BCUT2D eigenvalue weighted by molar-refractivity contribution is 5.94. The number of ether oxygens (including phenoxy) is 3. The van der Waals surface area contributed by atoms with E-state index in [1.807, 2.05) is 0 Å². The Bertz CT molecular complexity index is 360. The Balaban J connectivity index is 1.66. The molecule has 16 heavy (non-hydrogen) atoms. The topological polar surface area (TPSA) is 48.1 Å². The van der Waals surface area contributed by atoms with Crippen molar-refractivity contribution in [2.75, 3.05) is 13.2 Å². The molecule has 4 fully saturated rings. The fraction of sp³-hybridized carbons (Fsp3) is 0.917. The minimum absolute atomic E-state index is 0.105. The summed E-state index contributed by atoms with van der Waals surface area (Å²) in [6.07, 6.45) is 2.61. The molecule has 0 bridgehead atoms. The fourth-order valence-corrected chi connectivity index (χ4v) is 3.81. The fourth-order valence-electron chi connectivity index (χ4n) is 3.81. The van der Waals surface area contributed by atoms with E-state index in [2.05, 4.69) is 6.92 Å². The molecule has 88 valence electrons. The molecule has 4 aliphatic rings. The van der Waals surface area contributed by atoms with Crippen molar-refractivity contribution in [3.05, 3.63) is 0 Å². The SMILES string of the molecule is C[C@@]12CCC3(C[C@H]1[C@H]1O[C@H]1C2=O)OCCO3. The molecular weight excluding hydrogens is 208 g/mol. The van der Waals surface area contributed by atoms with Crippen LogP contribution in [0.15, 0.2) is 0 Å². The number of Topliss-reactive ketones (excluding diaryl/α,β-unsaturated/α-hetero) is 1. The zero-order chi connectivity index (χ0) is 11.0. The molecule has 2 aliphatic carbocycles. The van der Waals surface area contributed by atoms with Gasteiger partial charge in [0.05, 0.1) is 19.3 Å². The monoisotopic (exact) mass is 224 g/mol. The molecule has 4 rings (SSSR count). The van der Waals surface area contributed by atoms with Crippen molar-refractivity contribution in [2.24, 2.45) is 11.3 Å². The normalized spacial score (nSPS) is 52.8. The molecular formula is C12H16O4. The molecule has 0 unspecified atom stereocenters. The maximum Gasteiger partial charge on any atom is 0.170 e. The van der Waals surface area contributed by atoms with Gasteiger partial charge in [0.2, 0.25) is 0 Å². The lowest BCUT2D eigenvalue weighted by atomic mass is 9.66. The van der Waals surface area contributed by atoms with E-state index in [-0.39, 0.29) is 17.6 Å². The molecule has 0 radical (unpaired) electrons. The van der Waals surface area contributed by atoms with E-state index in [0.717, 1.165) is 19.3 Å². The van der Waals surface area contributed by atoms with Gasteiger partial charge in [-0.1, -0.05) is 6.92 Å². The van der Waals surface area contributed by atoms with Crippen LogP contribution in [0.25, 0.3) is 0 Å². The first-order valence-corrected chi connectivity index (χ1v) is 6.12. The van der Waals surface area contributed by atoms with E-state index in [4.69, 9.17) is 14.2 Å². The molecule has 0 aromatic carbocycles. The molecule has 4 nitrogen and oxygen atoms in total. The summed E-state index contributed by atoms with van der Waals surface area (Å²) < 4.78 is 16.9. The van der Waals surface area contributed by atoms with Crippen molar-refractivity contribution in [1.29, 1.82) is 0 Å². The summed E-state index contributed by atoms with van der Waals surface area (Å²) in [7, 11) is 0. The molecule has 2 saturated heterocycles. The van der Waals surface area contributed by atoms with Crippen molar-refractivity contribution >= 4 is 5.78 Å². The van der Waals surface area contributed by atoms with Crippen LogP contribution in [0, 0.1) is 11.3 Å². The van der Waals surface area contributed by atoms with Gasteiger partial charge in [-0.05, 0) is 6.42 Å². The van der Waals surface area contributed by atoms with Crippen molar-refractivity contribution in [3.63, 3.8) is 0 Å². The second-order valence-corrected chi connectivity index (χ2v) is 5.72. The first kappa shape index (κ1) is 9.57. The van der Waals surface area contributed by atoms with Gasteiger partial charge in [-0.3, -0.25) is 4.79 Å². The van der Waals surface area contributed by atoms with Crippen LogP contribution in [0.5, 0.6) is 0 Å². The van der Waals surface area contributed by atoms with E-state index in [1.165, 1.54) is 0 Å². The van der Waals surface area contributed by atoms with E-state index in [1.54, 1.807) is 0 Å². The zero-order valence-electron chi connectivity index (χ0n) is 9.40. The van der Waals surface area contributed by atoms with Gasteiger partial charge >= 0.3 is 0 Å². The van der Waals surface area contributed by atoms with Gasteiger partial charge in [-0.25, -0.2) is 0 Å². The van der Waals surface area contributed by atoms with Crippen molar-refractivity contribution < 1.29 is 19.0 Å². The van der Waals surface area contributed by atoms with Crippen LogP contribution in [-0.4, -0.2) is 37.0 Å². The van der Waals surface area contributed by atoms with Crippen LogP contribution in [0.2, 0.25) is 0 Å². The third kappa shape index (κ3) is 0.985. The first-order valence-electron chi connectivity index (χ1n) is 6.12. The molecule has 0 aromatic rings. The molecule has 4 atom stereocenters. The Hall–Kier alpha value is -0.450. The number of fused-ring (bicyclic) bond motifs is 3. The number of epoxide rings is 1. The summed E-state index contributed by atoms with van der Waals surface area (Å²) in [4.78, 5) is 12.1. The van der Waals surface area contributed by atoms with Gasteiger partial charge < -0.3 is 14.2 Å². The molecule has 0 N–H and O–H groups in total. The smallest absolute Gasteiger partial charge is 0.170 e. The second kappa shape index (κ2) is 2.68. The van der Waals surface area contributed by atoms with E-state index in [0.29, 0.717) is 24.9 Å². The highest BCUT2D eigenvalue weighted by atomic mass is 16.7. The number of rotatable bonds is 0. The minimum atomic E-state index is -0.398. The molecule has 2 heterocycles. The summed E-state index contributed by atoms with van der Waals surface area (Å²) >= 11 is 0. The second-order valence-electron chi connectivity index (χ2n) is 5.72. The summed E-state index contributed by atoms with van der Waals surface area (Å²) in [5.41, 5.74) is -0.172. The summed E-state index contributed by atoms with van der Waals surface area (Å²) in [6.45, 7) is 3.47.